The summed E-state index contributed by atoms with van der Waals surface area (Å²) >= 11 is 0. The normalized spacial score (nSPS) is 14.1. The summed E-state index contributed by atoms with van der Waals surface area (Å²) in [5, 5.41) is 2.51. The average Bonchev–Trinajstić information content (AvgIpc) is 3.86. The van der Waals surface area contributed by atoms with Gasteiger partial charge in [0.2, 0.25) is 0 Å². The Morgan fingerprint density at radius 2 is 0.935 bits per heavy atom. The van der Waals surface area contributed by atoms with Crippen LogP contribution in [0.2, 0.25) is 0 Å². The van der Waals surface area contributed by atoms with Crippen LogP contribution in [0.15, 0.2) is 206 Å². The number of nitrogens with zero attached hydrogens (tertiary/aromatic N) is 2. The second-order valence-electron chi connectivity index (χ2n) is 18.2. The summed E-state index contributed by atoms with van der Waals surface area (Å²) in [5.74, 6) is 0. The Kier molecular flexibility index (Phi) is 7.96. The molecule has 0 N–H and O–H groups in total. The average molecular weight is 795 g/mol. The van der Waals surface area contributed by atoms with E-state index in [4.69, 9.17) is 0 Å². The first-order valence-corrected chi connectivity index (χ1v) is 21.8. The molecule has 0 amide bonds. The molecule has 0 bridgehead atoms. The number of hydrogen-bond donors (Lipinski definition) is 0. The molecule has 1 aromatic heterocycles. The van der Waals surface area contributed by atoms with E-state index in [1.54, 1.807) is 0 Å². The lowest BCUT2D eigenvalue weighted by Crippen LogP contribution is -2.16. The number of fused-ring (bicyclic) bond motifs is 9. The van der Waals surface area contributed by atoms with Gasteiger partial charge in [-0.25, -0.2) is 0 Å². The van der Waals surface area contributed by atoms with Crippen molar-refractivity contribution < 1.29 is 0 Å². The molecule has 10 aromatic rings. The second-order valence-corrected chi connectivity index (χ2v) is 18.2. The van der Waals surface area contributed by atoms with Crippen LogP contribution >= 0.6 is 0 Å². The van der Waals surface area contributed by atoms with Gasteiger partial charge >= 0.3 is 0 Å². The molecule has 1 heterocycles. The van der Waals surface area contributed by atoms with E-state index in [1.807, 2.05) is 0 Å². The number of benzene rings is 9. The smallest absolute Gasteiger partial charge is 0.0543 e. The summed E-state index contributed by atoms with van der Waals surface area (Å²) in [6.45, 7) is 9.45. The maximum absolute atomic E-state index is 2.48. The molecule has 12 rings (SSSR count). The van der Waals surface area contributed by atoms with E-state index in [-0.39, 0.29) is 10.8 Å². The topological polar surface area (TPSA) is 8.17 Å². The maximum atomic E-state index is 2.48. The van der Waals surface area contributed by atoms with Crippen molar-refractivity contribution in [1.29, 1.82) is 0 Å². The number of para-hydroxylation sites is 2. The van der Waals surface area contributed by atoms with Crippen molar-refractivity contribution in [2.45, 2.75) is 38.5 Å². The molecule has 2 aliphatic carbocycles. The van der Waals surface area contributed by atoms with Crippen LogP contribution in [-0.2, 0) is 10.8 Å². The van der Waals surface area contributed by atoms with Crippen LogP contribution in [0.3, 0.4) is 0 Å². The van der Waals surface area contributed by atoms with Gasteiger partial charge in [-0.05, 0) is 128 Å². The molecule has 0 spiro atoms. The van der Waals surface area contributed by atoms with Gasteiger partial charge in [-0.3, -0.25) is 0 Å². The summed E-state index contributed by atoms with van der Waals surface area (Å²) in [6.07, 6.45) is 0. The lowest BCUT2D eigenvalue weighted by molar-refractivity contribution is 0.660. The Bertz CT molecular complexity index is 3400. The van der Waals surface area contributed by atoms with E-state index in [0.29, 0.717) is 0 Å². The van der Waals surface area contributed by atoms with E-state index in [1.165, 1.54) is 99.9 Å². The first-order valence-electron chi connectivity index (χ1n) is 21.8. The summed E-state index contributed by atoms with van der Waals surface area (Å²) in [7, 11) is 0. The molecule has 9 aromatic carbocycles. The lowest BCUT2D eigenvalue weighted by Gasteiger charge is -2.29. The van der Waals surface area contributed by atoms with Crippen molar-refractivity contribution in [2.24, 2.45) is 0 Å². The van der Waals surface area contributed by atoms with Gasteiger partial charge in [-0.2, -0.15) is 0 Å². The van der Waals surface area contributed by atoms with E-state index in [9.17, 15) is 0 Å². The van der Waals surface area contributed by atoms with E-state index < -0.39 is 0 Å². The van der Waals surface area contributed by atoms with Gasteiger partial charge < -0.3 is 9.47 Å². The van der Waals surface area contributed by atoms with Crippen LogP contribution in [0.25, 0.3) is 72.0 Å². The third-order valence-corrected chi connectivity index (χ3v) is 14.0. The Morgan fingerprint density at radius 3 is 1.76 bits per heavy atom. The second kappa shape index (κ2) is 13.5. The molecule has 0 radical (unpaired) electrons. The highest BCUT2D eigenvalue weighted by atomic mass is 15.1. The molecule has 2 heteroatoms. The Balaban J connectivity index is 0.995. The standard InChI is InChI=1S/C60H46N2/c1-59(2)52-24-12-9-22-49(52)58-53(59)25-15-27-57(58)61(45-19-14-16-40(36-45)42-30-34-47-46-20-8-11-23-51(46)60(3,4)54(47)38-42)44-32-28-39(29-33-44)41-31-35-56-50(37-41)48-21-10-13-26-55(48)62(56)43-17-6-5-7-18-43/h5-38H,1-4H3. The van der Waals surface area contributed by atoms with Crippen LogP contribution in [0.4, 0.5) is 17.1 Å². The predicted octanol–water partition coefficient (Wildman–Crippen LogP) is 16.2. The molecule has 296 valence electrons. The van der Waals surface area contributed by atoms with Crippen LogP contribution in [-0.4, -0.2) is 4.57 Å². The zero-order chi connectivity index (χ0) is 41.7. The Labute approximate surface area is 364 Å². The third-order valence-electron chi connectivity index (χ3n) is 14.0. The monoisotopic (exact) mass is 794 g/mol. The molecule has 0 atom stereocenters. The number of anilines is 3. The predicted molar refractivity (Wildman–Crippen MR) is 261 cm³/mol. The van der Waals surface area contributed by atoms with Gasteiger partial charge in [0.15, 0.2) is 0 Å². The van der Waals surface area contributed by atoms with Crippen molar-refractivity contribution in [1.82, 2.24) is 4.57 Å². The molecule has 0 saturated heterocycles. The summed E-state index contributed by atoms with van der Waals surface area (Å²) < 4.78 is 2.38. The lowest BCUT2D eigenvalue weighted by atomic mass is 9.81. The molecule has 0 unspecified atom stereocenters. The minimum atomic E-state index is -0.115. The Hall–Kier alpha value is -7.42. The molecule has 2 nitrogen and oxygen atoms in total. The first-order chi connectivity index (χ1) is 30.3. The third kappa shape index (κ3) is 5.36. The summed E-state index contributed by atoms with van der Waals surface area (Å²) in [4.78, 5) is 2.48. The summed E-state index contributed by atoms with van der Waals surface area (Å²) in [5.41, 5.74) is 22.5. The van der Waals surface area contributed by atoms with Crippen molar-refractivity contribution in [3.63, 3.8) is 0 Å². The number of rotatable bonds is 6. The van der Waals surface area contributed by atoms with Gasteiger partial charge in [0.25, 0.3) is 0 Å². The highest BCUT2D eigenvalue weighted by Gasteiger charge is 2.38. The van der Waals surface area contributed by atoms with Crippen LogP contribution < -0.4 is 4.90 Å². The van der Waals surface area contributed by atoms with Crippen molar-refractivity contribution in [3.05, 3.63) is 229 Å². The minimum Gasteiger partial charge on any atom is -0.310 e. The molecule has 62 heavy (non-hydrogen) atoms. The van der Waals surface area contributed by atoms with Crippen molar-refractivity contribution >= 4 is 38.9 Å². The zero-order valence-corrected chi connectivity index (χ0v) is 35.5. The summed E-state index contributed by atoms with van der Waals surface area (Å²) in [6, 6.07) is 76.5. The van der Waals surface area contributed by atoms with Gasteiger partial charge in [0.1, 0.15) is 0 Å². The number of hydrogen-bond acceptors (Lipinski definition) is 1. The molecule has 2 aliphatic rings. The SMILES string of the molecule is CC1(C)c2ccccc2-c2ccc(-c3cccc(N(c4ccc(-c5ccc6c(c5)c5ccccc5n6-c5ccccc5)cc4)c4cccc5c4-c4ccccc4C5(C)C)c3)cc21. The van der Waals surface area contributed by atoms with E-state index in [2.05, 4.69) is 243 Å². The van der Waals surface area contributed by atoms with Crippen LogP contribution in [0, 0.1) is 0 Å². The minimum absolute atomic E-state index is 0.0678. The fourth-order valence-corrected chi connectivity index (χ4v) is 10.9. The molecular formula is C60H46N2. The highest BCUT2D eigenvalue weighted by molar-refractivity contribution is 6.10. The fraction of sp³-hybridized carbons (Fsp3) is 0.100. The number of aromatic nitrogens is 1. The van der Waals surface area contributed by atoms with E-state index in [0.717, 1.165) is 11.4 Å². The van der Waals surface area contributed by atoms with Gasteiger partial charge in [0.05, 0.1) is 16.7 Å². The largest absolute Gasteiger partial charge is 0.310 e. The molecule has 0 aliphatic heterocycles. The van der Waals surface area contributed by atoms with Gasteiger partial charge in [-0.1, -0.05) is 167 Å². The molecular weight excluding hydrogens is 749 g/mol. The van der Waals surface area contributed by atoms with Crippen molar-refractivity contribution in [2.75, 3.05) is 4.90 Å². The zero-order valence-electron chi connectivity index (χ0n) is 35.5. The Morgan fingerprint density at radius 1 is 0.355 bits per heavy atom. The van der Waals surface area contributed by atoms with Crippen LogP contribution in [0.5, 0.6) is 0 Å². The van der Waals surface area contributed by atoms with E-state index >= 15 is 0 Å². The highest BCUT2D eigenvalue weighted by Crippen LogP contribution is 2.55. The fourth-order valence-electron chi connectivity index (χ4n) is 10.9. The van der Waals surface area contributed by atoms with Gasteiger partial charge in [-0.15, -0.1) is 0 Å². The van der Waals surface area contributed by atoms with Gasteiger partial charge in [0, 0.05) is 44.2 Å². The maximum Gasteiger partial charge on any atom is 0.0543 e. The first kappa shape index (κ1) is 36.4. The quantitative estimate of drug-likeness (QED) is 0.163. The van der Waals surface area contributed by atoms with Crippen molar-refractivity contribution in [3.8, 4) is 50.2 Å². The molecule has 0 saturated carbocycles. The van der Waals surface area contributed by atoms with Crippen LogP contribution in [0.1, 0.15) is 49.9 Å². The molecule has 0 fully saturated rings.